The smallest absolute Gasteiger partial charge is 0.244 e. The molecule has 2 rings (SSSR count). The lowest BCUT2D eigenvalue weighted by Crippen LogP contribution is -2.40. The highest BCUT2D eigenvalue weighted by Gasteiger charge is 2.25. The highest BCUT2D eigenvalue weighted by atomic mass is 32.2. The van der Waals surface area contributed by atoms with E-state index in [9.17, 15) is 8.42 Å². The number of nitrogens with one attached hydrogen (secondary N) is 1. The van der Waals surface area contributed by atoms with Gasteiger partial charge in [-0.25, -0.2) is 8.42 Å². The van der Waals surface area contributed by atoms with Crippen LogP contribution < -0.4 is 15.4 Å². The second-order valence-electron chi connectivity index (χ2n) is 3.23. The van der Waals surface area contributed by atoms with Crippen LogP contribution in [0.25, 0.3) is 0 Å². The summed E-state index contributed by atoms with van der Waals surface area (Å²) in [7, 11) is -1.55. The summed E-state index contributed by atoms with van der Waals surface area (Å²) in [5.41, 5.74) is 6.66. The van der Waals surface area contributed by atoms with E-state index in [0.717, 1.165) is 0 Å². The molecule has 0 bridgehead atoms. The first kappa shape index (κ1) is 9.29. The molecule has 0 amide bonds. The maximum absolute atomic E-state index is 11.6. The van der Waals surface area contributed by atoms with Gasteiger partial charge in [0.05, 0.1) is 12.4 Å². The number of benzene rings is 1. The molecule has 1 aliphatic rings. The molecule has 6 heteroatoms. The summed E-state index contributed by atoms with van der Waals surface area (Å²) in [6.07, 6.45) is 0. The van der Waals surface area contributed by atoms with E-state index in [1.165, 1.54) is 6.07 Å². The summed E-state index contributed by atoms with van der Waals surface area (Å²) in [5.74, 6) is 0. The molecule has 1 aromatic carbocycles. The van der Waals surface area contributed by atoms with Crippen LogP contribution in [0, 0.1) is 0 Å². The van der Waals surface area contributed by atoms with E-state index >= 15 is 0 Å². The van der Waals surface area contributed by atoms with Crippen molar-refractivity contribution in [2.75, 3.05) is 24.3 Å². The predicted octanol–water partition coefficient (Wildman–Crippen LogP) is -0.0456. The number of nitrogens with two attached hydrogens (primary N) is 1. The molecular formula is C8H11N3O2S. The van der Waals surface area contributed by atoms with E-state index in [4.69, 9.17) is 5.73 Å². The second kappa shape index (κ2) is 2.86. The third-order valence-electron chi connectivity index (χ3n) is 2.18. The van der Waals surface area contributed by atoms with E-state index in [2.05, 4.69) is 4.72 Å². The van der Waals surface area contributed by atoms with Crippen molar-refractivity contribution in [2.45, 2.75) is 4.90 Å². The molecule has 1 aliphatic heterocycles. The molecule has 0 unspecified atom stereocenters. The van der Waals surface area contributed by atoms with Gasteiger partial charge in [-0.3, -0.25) is 0 Å². The molecule has 76 valence electrons. The van der Waals surface area contributed by atoms with Gasteiger partial charge in [-0.05, 0) is 18.2 Å². The molecule has 1 heterocycles. The Bertz CT molecular complexity index is 469. The van der Waals surface area contributed by atoms with Crippen LogP contribution in [0.1, 0.15) is 0 Å². The van der Waals surface area contributed by atoms with Crippen LogP contribution in [0.2, 0.25) is 0 Å². The van der Waals surface area contributed by atoms with Gasteiger partial charge in [0.1, 0.15) is 4.90 Å². The maximum atomic E-state index is 11.6. The van der Waals surface area contributed by atoms with Gasteiger partial charge in [-0.15, -0.1) is 0 Å². The Morgan fingerprint density at radius 3 is 2.93 bits per heavy atom. The summed E-state index contributed by atoms with van der Waals surface area (Å²) < 4.78 is 25.6. The van der Waals surface area contributed by atoms with E-state index in [1.807, 2.05) is 11.9 Å². The average molecular weight is 213 g/mol. The zero-order valence-corrected chi connectivity index (χ0v) is 8.50. The van der Waals surface area contributed by atoms with Crippen LogP contribution in [0.5, 0.6) is 0 Å². The second-order valence-corrected chi connectivity index (χ2v) is 4.97. The molecule has 3 N–H and O–H groups in total. The van der Waals surface area contributed by atoms with Gasteiger partial charge < -0.3 is 10.6 Å². The van der Waals surface area contributed by atoms with E-state index in [1.54, 1.807) is 12.1 Å². The van der Waals surface area contributed by atoms with E-state index in [-0.39, 0.29) is 4.90 Å². The van der Waals surface area contributed by atoms with Crippen LogP contribution in [0.15, 0.2) is 23.1 Å². The Balaban J connectivity index is 2.70. The molecular weight excluding hydrogens is 202 g/mol. The fraction of sp³-hybridized carbons (Fsp3) is 0.250. The lowest BCUT2D eigenvalue weighted by molar-refractivity contribution is 0.575. The highest BCUT2D eigenvalue weighted by Crippen LogP contribution is 2.28. The summed E-state index contributed by atoms with van der Waals surface area (Å²) in [6.45, 7) is 0.291. The average Bonchev–Trinajstić information content (AvgIpc) is 2.12. The standard InChI is InChI=1S/C8H11N3O2S/c1-11-5-10-14(12,13)8-4-6(9)2-3-7(8)11/h2-4,10H,5,9H2,1H3. The van der Waals surface area contributed by atoms with Gasteiger partial charge in [0.25, 0.3) is 0 Å². The first-order chi connectivity index (χ1) is 6.50. The largest absolute Gasteiger partial charge is 0.399 e. The van der Waals surface area contributed by atoms with Gasteiger partial charge in [0.15, 0.2) is 0 Å². The SMILES string of the molecule is CN1CNS(=O)(=O)c2cc(N)ccc21. The minimum absolute atomic E-state index is 0.242. The van der Waals surface area contributed by atoms with Crippen molar-refractivity contribution in [1.82, 2.24) is 4.72 Å². The Morgan fingerprint density at radius 1 is 1.50 bits per heavy atom. The number of hydrogen-bond donors (Lipinski definition) is 2. The van der Waals surface area contributed by atoms with Gasteiger partial charge in [-0.2, -0.15) is 4.72 Å². The summed E-state index contributed by atoms with van der Waals surface area (Å²) in [5, 5.41) is 0. The summed E-state index contributed by atoms with van der Waals surface area (Å²) in [6, 6.07) is 4.87. The lowest BCUT2D eigenvalue weighted by Gasteiger charge is -2.27. The lowest BCUT2D eigenvalue weighted by atomic mass is 10.2. The predicted molar refractivity (Wildman–Crippen MR) is 54.4 cm³/mol. The molecule has 0 radical (unpaired) electrons. The number of anilines is 2. The molecule has 0 aliphatic carbocycles. The Labute approximate surface area is 82.6 Å². The Morgan fingerprint density at radius 2 is 2.21 bits per heavy atom. The van der Waals surface area contributed by atoms with Gasteiger partial charge in [-0.1, -0.05) is 0 Å². The molecule has 0 spiro atoms. The minimum Gasteiger partial charge on any atom is -0.399 e. The number of sulfonamides is 1. The van der Waals surface area contributed by atoms with Crippen molar-refractivity contribution >= 4 is 21.4 Å². The normalized spacial score (nSPS) is 19.1. The van der Waals surface area contributed by atoms with Crippen molar-refractivity contribution in [3.63, 3.8) is 0 Å². The fourth-order valence-electron chi connectivity index (χ4n) is 1.41. The van der Waals surface area contributed by atoms with E-state index in [0.29, 0.717) is 18.0 Å². The molecule has 14 heavy (non-hydrogen) atoms. The molecule has 0 saturated heterocycles. The first-order valence-corrected chi connectivity index (χ1v) is 5.59. The van der Waals surface area contributed by atoms with Gasteiger partial charge in [0, 0.05) is 12.7 Å². The van der Waals surface area contributed by atoms with Crippen molar-refractivity contribution in [1.29, 1.82) is 0 Å². The monoisotopic (exact) mass is 213 g/mol. The van der Waals surface area contributed by atoms with Crippen LogP contribution in [-0.4, -0.2) is 22.1 Å². The Kier molecular flexibility index (Phi) is 1.90. The topological polar surface area (TPSA) is 75.4 Å². The third kappa shape index (κ3) is 1.32. The molecule has 0 saturated carbocycles. The number of nitrogen functional groups attached to an aromatic ring is 1. The zero-order chi connectivity index (χ0) is 10.3. The molecule has 1 aromatic rings. The Hall–Kier alpha value is -1.27. The van der Waals surface area contributed by atoms with Gasteiger partial charge in [0.2, 0.25) is 10.0 Å². The first-order valence-electron chi connectivity index (χ1n) is 4.11. The van der Waals surface area contributed by atoms with Crippen LogP contribution in [0.4, 0.5) is 11.4 Å². The van der Waals surface area contributed by atoms with Crippen molar-refractivity contribution < 1.29 is 8.42 Å². The fourth-order valence-corrected chi connectivity index (χ4v) is 2.72. The highest BCUT2D eigenvalue weighted by molar-refractivity contribution is 7.89. The quantitative estimate of drug-likeness (QED) is 0.593. The van der Waals surface area contributed by atoms with Crippen molar-refractivity contribution in [2.24, 2.45) is 0 Å². The van der Waals surface area contributed by atoms with Crippen molar-refractivity contribution in [3.8, 4) is 0 Å². The summed E-state index contributed by atoms with van der Waals surface area (Å²) >= 11 is 0. The van der Waals surface area contributed by atoms with Gasteiger partial charge >= 0.3 is 0 Å². The molecule has 0 fully saturated rings. The molecule has 0 atom stereocenters. The number of rotatable bonds is 0. The number of nitrogens with zero attached hydrogens (tertiary/aromatic N) is 1. The number of hydrogen-bond acceptors (Lipinski definition) is 4. The minimum atomic E-state index is -3.37. The maximum Gasteiger partial charge on any atom is 0.244 e. The summed E-state index contributed by atoms with van der Waals surface area (Å²) in [4.78, 5) is 2.06. The van der Waals surface area contributed by atoms with Crippen molar-refractivity contribution in [3.05, 3.63) is 18.2 Å². The zero-order valence-electron chi connectivity index (χ0n) is 7.69. The van der Waals surface area contributed by atoms with Crippen LogP contribution >= 0.6 is 0 Å². The van der Waals surface area contributed by atoms with E-state index < -0.39 is 10.0 Å². The third-order valence-corrected chi connectivity index (χ3v) is 3.59. The van der Waals surface area contributed by atoms with Crippen LogP contribution in [-0.2, 0) is 10.0 Å². The number of fused-ring (bicyclic) bond motifs is 1. The molecule has 5 nitrogen and oxygen atoms in total. The van der Waals surface area contributed by atoms with Crippen LogP contribution in [0.3, 0.4) is 0 Å². The molecule has 0 aromatic heterocycles.